The van der Waals surface area contributed by atoms with Gasteiger partial charge in [0.15, 0.2) is 9.84 Å². The second kappa shape index (κ2) is 5.03. The highest BCUT2D eigenvalue weighted by atomic mass is 32.2. The van der Waals surface area contributed by atoms with Gasteiger partial charge in [0, 0.05) is 18.2 Å². The van der Waals surface area contributed by atoms with Crippen LogP contribution in [-0.4, -0.2) is 37.9 Å². The fourth-order valence-corrected chi connectivity index (χ4v) is 4.17. The maximum Gasteiger partial charge on any atom is 0.151 e. The van der Waals surface area contributed by atoms with E-state index in [0.717, 1.165) is 17.1 Å². The molecule has 2 N–H and O–H groups in total. The molecule has 1 fully saturated rings. The first-order valence-corrected chi connectivity index (χ1v) is 7.92. The van der Waals surface area contributed by atoms with E-state index in [1.54, 1.807) is 0 Å². The molecule has 0 amide bonds. The highest BCUT2D eigenvalue weighted by Crippen LogP contribution is 2.20. The lowest BCUT2D eigenvalue weighted by molar-refractivity contribution is 0.232. The Balaban J connectivity index is 2.01. The molecule has 2 heterocycles. The zero-order chi connectivity index (χ0) is 13.3. The van der Waals surface area contributed by atoms with Crippen molar-refractivity contribution < 1.29 is 12.8 Å². The molecule has 1 aliphatic heterocycles. The molecule has 0 spiro atoms. The van der Waals surface area contributed by atoms with Gasteiger partial charge in [-0.3, -0.25) is 4.90 Å². The predicted molar refractivity (Wildman–Crippen MR) is 69.9 cm³/mol. The van der Waals surface area contributed by atoms with E-state index in [1.807, 2.05) is 24.9 Å². The first-order chi connectivity index (χ1) is 8.41. The molecule has 6 heteroatoms. The normalized spacial score (nSPS) is 22.8. The van der Waals surface area contributed by atoms with Gasteiger partial charge >= 0.3 is 0 Å². The quantitative estimate of drug-likeness (QED) is 0.871. The van der Waals surface area contributed by atoms with Crippen LogP contribution in [0.2, 0.25) is 0 Å². The van der Waals surface area contributed by atoms with Crippen molar-refractivity contribution in [3.63, 3.8) is 0 Å². The van der Waals surface area contributed by atoms with Crippen molar-refractivity contribution in [3.8, 4) is 0 Å². The fraction of sp³-hybridized carbons (Fsp3) is 0.667. The van der Waals surface area contributed by atoms with E-state index in [0.29, 0.717) is 25.3 Å². The van der Waals surface area contributed by atoms with Crippen molar-refractivity contribution in [3.05, 3.63) is 23.2 Å². The number of nitrogens with zero attached hydrogens (tertiary/aromatic N) is 1. The van der Waals surface area contributed by atoms with Gasteiger partial charge in [0.2, 0.25) is 0 Å². The van der Waals surface area contributed by atoms with Crippen molar-refractivity contribution in [2.75, 3.05) is 18.6 Å². The molecule has 0 saturated carbocycles. The van der Waals surface area contributed by atoms with Gasteiger partial charge in [0.1, 0.15) is 11.5 Å². The molecule has 0 bridgehead atoms. The lowest BCUT2D eigenvalue weighted by Gasteiger charge is -2.21. The Morgan fingerprint density at radius 1 is 1.56 bits per heavy atom. The zero-order valence-electron chi connectivity index (χ0n) is 10.8. The van der Waals surface area contributed by atoms with Crippen LogP contribution in [0.3, 0.4) is 0 Å². The molecule has 18 heavy (non-hydrogen) atoms. The molecular formula is C12H20N2O3S. The van der Waals surface area contributed by atoms with Gasteiger partial charge < -0.3 is 10.2 Å². The molecule has 102 valence electrons. The van der Waals surface area contributed by atoms with E-state index >= 15 is 0 Å². The second-order valence-electron chi connectivity index (χ2n) is 4.97. The summed E-state index contributed by atoms with van der Waals surface area (Å²) in [5.41, 5.74) is 6.61. The molecule has 5 nitrogen and oxygen atoms in total. The Labute approximate surface area is 108 Å². The smallest absolute Gasteiger partial charge is 0.151 e. The number of rotatable bonds is 4. The molecule has 1 saturated heterocycles. The average Bonchev–Trinajstić information content (AvgIpc) is 2.81. The molecule has 0 radical (unpaired) electrons. The molecule has 1 aromatic heterocycles. The summed E-state index contributed by atoms with van der Waals surface area (Å²) in [5.74, 6) is 2.25. The first kappa shape index (κ1) is 13.6. The third kappa shape index (κ3) is 2.93. The van der Waals surface area contributed by atoms with Crippen LogP contribution < -0.4 is 5.73 Å². The van der Waals surface area contributed by atoms with Crippen LogP contribution in [0.15, 0.2) is 10.5 Å². The highest BCUT2D eigenvalue weighted by molar-refractivity contribution is 7.91. The number of hydrogen-bond donors (Lipinski definition) is 1. The van der Waals surface area contributed by atoms with Gasteiger partial charge in [0.05, 0.1) is 18.1 Å². The number of hydrogen-bond acceptors (Lipinski definition) is 5. The largest absolute Gasteiger partial charge is 0.465 e. The number of furan rings is 1. The molecule has 1 unspecified atom stereocenters. The lowest BCUT2D eigenvalue weighted by atomic mass is 10.2. The van der Waals surface area contributed by atoms with Crippen molar-refractivity contribution in [1.82, 2.24) is 4.90 Å². The van der Waals surface area contributed by atoms with Crippen molar-refractivity contribution in [1.29, 1.82) is 0 Å². The van der Waals surface area contributed by atoms with Crippen LogP contribution in [0.5, 0.6) is 0 Å². The number of aryl methyl sites for hydroxylation is 1. The van der Waals surface area contributed by atoms with Crippen LogP contribution in [0.25, 0.3) is 0 Å². The summed E-state index contributed by atoms with van der Waals surface area (Å²) in [6.45, 7) is 2.99. The maximum atomic E-state index is 11.4. The Morgan fingerprint density at radius 3 is 2.78 bits per heavy atom. The van der Waals surface area contributed by atoms with Crippen LogP contribution in [0.4, 0.5) is 0 Å². The van der Waals surface area contributed by atoms with Crippen molar-refractivity contribution in [2.24, 2.45) is 5.73 Å². The van der Waals surface area contributed by atoms with E-state index in [2.05, 4.69) is 0 Å². The van der Waals surface area contributed by atoms with Gasteiger partial charge in [-0.05, 0) is 26.5 Å². The van der Waals surface area contributed by atoms with Gasteiger partial charge in [0.25, 0.3) is 0 Å². The minimum atomic E-state index is -2.83. The SMILES string of the molecule is Cc1oc(CN(C)C2CCS(=O)(=O)C2)cc1CN. The van der Waals surface area contributed by atoms with E-state index in [-0.39, 0.29) is 11.8 Å². The van der Waals surface area contributed by atoms with Gasteiger partial charge in [-0.1, -0.05) is 0 Å². The summed E-state index contributed by atoms with van der Waals surface area (Å²) in [6.07, 6.45) is 0.711. The topological polar surface area (TPSA) is 76.5 Å². The first-order valence-electron chi connectivity index (χ1n) is 6.10. The third-order valence-corrected chi connectivity index (χ3v) is 5.28. The third-order valence-electron chi connectivity index (χ3n) is 3.53. The van der Waals surface area contributed by atoms with Crippen LogP contribution in [0, 0.1) is 6.92 Å². The van der Waals surface area contributed by atoms with Crippen LogP contribution >= 0.6 is 0 Å². The summed E-state index contributed by atoms with van der Waals surface area (Å²) in [6, 6.07) is 2.05. The highest BCUT2D eigenvalue weighted by Gasteiger charge is 2.30. The molecule has 1 aliphatic rings. The van der Waals surface area contributed by atoms with E-state index < -0.39 is 9.84 Å². The van der Waals surface area contributed by atoms with Gasteiger partial charge in [-0.25, -0.2) is 8.42 Å². The Bertz CT molecular complexity index is 521. The second-order valence-corrected chi connectivity index (χ2v) is 7.20. The molecule has 1 atom stereocenters. The van der Waals surface area contributed by atoms with Gasteiger partial charge in [-0.2, -0.15) is 0 Å². The monoisotopic (exact) mass is 272 g/mol. The minimum Gasteiger partial charge on any atom is -0.465 e. The Morgan fingerprint density at radius 2 is 2.28 bits per heavy atom. The zero-order valence-corrected chi connectivity index (χ0v) is 11.7. The minimum absolute atomic E-state index is 0.0988. The fourth-order valence-electron chi connectivity index (χ4n) is 2.37. The van der Waals surface area contributed by atoms with E-state index in [9.17, 15) is 8.42 Å². The lowest BCUT2D eigenvalue weighted by Crippen LogP contribution is -2.31. The van der Waals surface area contributed by atoms with Crippen molar-refractivity contribution in [2.45, 2.75) is 32.5 Å². The summed E-state index contributed by atoms with van der Waals surface area (Å²) >= 11 is 0. The summed E-state index contributed by atoms with van der Waals surface area (Å²) in [4.78, 5) is 2.04. The standard InChI is InChI=1S/C12H20N2O3S/c1-9-10(6-13)5-12(17-9)7-14(2)11-3-4-18(15,16)8-11/h5,11H,3-4,6-8,13H2,1-2H3. The molecule has 2 rings (SSSR count). The molecule has 0 aliphatic carbocycles. The Hall–Kier alpha value is -0.850. The maximum absolute atomic E-state index is 11.4. The predicted octanol–water partition coefficient (Wildman–Crippen LogP) is 0.666. The van der Waals surface area contributed by atoms with Crippen LogP contribution in [-0.2, 0) is 22.9 Å². The van der Waals surface area contributed by atoms with Crippen molar-refractivity contribution >= 4 is 9.84 Å². The summed E-state index contributed by atoms with van der Waals surface area (Å²) in [5, 5.41) is 0. The number of nitrogens with two attached hydrogens (primary N) is 1. The van der Waals surface area contributed by atoms with E-state index in [1.165, 1.54) is 0 Å². The number of sulfone groups is 1. The average molecular weight is 272 g/mol. The van der Waals surface area contributed by atoms with E-state index in [4.69, 9.17) is 10.2 Å². The molecular weight excluding hydrogens is 252 g/mol. The van der Waals surface area contributed by atoms with Gasteiger partial charge in [-0.15, -0.1) is 0 Å². The van der Waals surface area contributed by atoms with Crippen LogP contribution in [0.1, 0.15) is 23.5 Å². The molecule has 1 aromatic rings. The summed E-state index contributed by atoms with van der Waals surface area (Å²) in [7, 11) is -0.897. The Kier molecular flexibility index (Phi) is 3.79. The molecule has 0 aromatic carbocycles. The summed E-state index contributed by atoms with van der Waals surface area (Å²) < 4.78 is 28.5.